The van der Waals surface area contributed by atoms with Gasteiger partial charge in [-0.25, -0.2) is 4.68 Å². The third-order valence-corrected chi connectivity index (χ3v) is 5.83. The van der Waals surface area contributed by atoms with E-state index >= 15 is 0 Å². The first kappa shape index (κ1) is 19.3. The van der Waals surface area contributed by atoms with Gasteiger partial charge in [-0.05, 0) is 31.5 Å². The van der Waals surface area contributed by atoms with Crippen LogP contribution in [0.3, 0.4) is 0 Å². The zero-order valence-electron chi connectivity index (χ0n) is 16.4. The molecule has 4 rings (SSSR count). The number of fused-ring (bicyclic) bond motifs is 1. The molecule has 6 nitrogen and oxygen atoms in total. The number of thioether (sulfide) groups is 1. The van der Waals surface area contributed by atoms with Gasteiger partial charge in [0.1, 0.15) is 11.6 Å². The number of aromatic nitrogens is 2. The van der Waals surface area contributed by atoms with Gasteiger partial charge in [-0.15, -0.1) is 0 Å². The summed E-state index contributed by atoms with van der Waals surface area (Å²) >= 11 is 1.46. The summed E-state index contributed by atoms with van der Waals surface area (Å²) < 4.78 is 1.85. The molecule has 2 heterocycles. The Kier molecular flexibility index (Phi) is 5.40. The maximum absolute atomic E-state index is 12.6. The molecule has 0 saturated heterocycles. The molecule has 148 valence electrons. The molecule has 3 aromatic rings. The van der Waals surface area contributed by atoms with Crippen molar-refractivity contribution < 1.29 is 9.59 Å². The maximum Gasteiger partial charge on any atom is 0.240 e. The van der Waals surface area contributed by atoms with Gasteiger partial charge in [0.05, 0.1) is 22.8 Å². The second kappa shape index (κ2) is 8.13. The van der Waals surface area contributed by atoms with Crippen molar-refractivity contribution in [3.05, 3.63) is 71.4 Å². The number of nitrogens with one attached hydrogen (secondary N) is 1. The van der Waals surface area contributed by atoms with Crippen LogP contribution in [0.15, 0.2) is 59.6 Å². The fraction of sp³-hybridized carbons (Fsp3) is 0.227. The van der Waals surface area contributed by atoms with Crippen LogP contribution in [0.4, 0.5) is 5.69 Å². The number of amides is 2. The Hall–Kier alpha value is -3.06. The van der Waals surface area contributed by atoms with Gasteiger partial charge in [0, 0.05) is 6.54 Å². The number of carbonyl (C=O) groups is 2. The Morgan fingerprint density at radius 2 is 1.83 bits per heavy atom. The molecule has 0 radical (unpaired) electrons. The van der Waals surface area contributed by atoms with Gasteiger partial charge in [0.25, 0.3) is 0 Å². The first-order chi connectivity index (χ1) is 14.0. The SMILES string of the molecule is Cc1ccc(CNC(=O)CN2C(=O)CSc3c2c(C)nn3-c2ccccc2)cc1. The average Bonchev–Trinajstić information content (AvgIpc) is 3.07. The third-order valence-electron chi connectivity index (χ3n) is 4.80. The lowest BCUT2D eigenvalue weighted by Crippen LogP contribution is -2.43. The van der Waals surface area contributed by atoms with Crippen molar-refractivity contribution in [1.82, 2.24) is 15.1 Å². The minimum Gasteiger partial charge on any atom is -0.350 e. The van der Waals surface area contributed by atoms with Crippen molar-refractivity contribution in [2.24, 2.45) is 0 Å². The second-order valence-electron chi connectivity index (χ2n) is 7.02. The van der Waals surface area contributed by atoms with E-state index in [2.05, 4.69) is 10.4 Å². The average molecular weight is 407 g/mol. The summed E-state index contributed by atoms with van der Waals surface area (Å²) in [5.41, 5.74) is 4.59. The Bertz CT molecular complexity index is 1040. The molecule has 7 heteroatoms. The Morgan fingerprint density at radius 3 is 2.55 bits per heavy atom. The topological polar surface area (TPSA) is 67.2 Å². The van der Waals surface area contributed by atoms with Crippen LogP contribution < -0.4 is 10.2 Å². The zero-order valence-corrected chi connectivity index (χ0v) is 17.2. The molecule has 0 saturated carbocycles. The predicted molar refractivity (Wildman–Crippen MR) is 114 cm³/mol. The molecule has 29 heavy (non-hydrogen) atoms. The number of hydrogen-bond acceptors (Lipinski definition) is 4. The summed E-state index contributed by atoms with van der Waals surface area (Å²) in [4.78, 5) is 26.7. The van der Waals surface area contributed by atoms with E-state index in [-0.39, 0.29) is 24.1 Å². The van der Waals surface area contributed by atoms with E-state index in [0.717, 1.165) is 27.7 Å². The van der Waals surface area contributed by atoms with Gasteiger partial charge in [0.15, 0.2) is 0 Å². The first-order valence-corrected chi connectivity index (χ1v) is 10.4. The molecule has 1 N–H and O–H groups in total. The summed E-state index contributed by atoms with van der Waals surface area (Å²) in [6.45, 7) is 4.32. The number of carbonyl (C=O) groups excluding carboxylic acids is 2. The molecule has 0 bridgehead atoms. The highest BCUT2D eigenvalue weighted by Crippen LogP contribution is 2.39. The highest BCUT2D eigenvalue weighted by Gasteiger charge is 2.32. The summed E-state index contributed by atoms with van der Waals surface area (Å²) in [7, 11) is 0. The normalized spacial score (nSPS) is 13.3. The van der Waals surface area contributed by atoms with Crippen LogP contribution in [0.2, 0.25) is 0 Å². The monoisotopic (exact) mass is 406 g/mol. The van der Waals surface area contributed by atoms with E-state index in [1.807, 2.05) is 73.1 Å². The molecule has 0 unspecified atom stereocenters. The lowest BCUT2D eigenvalue weighted by Gasteiger charge is -2.27. The van der Waals surface area contributed by atoms with Crippen LogP contribution in [0, 0.1) is 13.8 Å². The molecule has 1 aromatic heterocycles. The minimum absolute atomic E-state index is 0.0143. The van der Waals surface area contributed by atoms with E-state index in [1.165, 1.54) is 17.3 Å². The minimum atomic E-state index is -0.191. The van der Waals surface area contributed by atoms with E-state index < -0.39 is 0 Å². The number of anilines is 1. The van der Waals surface area contributed by atoms with Crippen molar-refractivity contribution in [1.29, 1.82) is 0 Å². The van der Waals surface area contributed by atoms with Crippen LogP contribution in [0.25, 0.3) is 5.69 Å². The van der Waals surface area contributed by atoms with Crippen LogP contribution in [-0.4, -0.2) is 33.9 Å². The number of nitrogens with zero attached hydrogens (tertiary/aromatic N) is 3. The maximum atomic E-state index is 12.6. The molecule has 0 spiro atoms. The summed E-state index contributed by atoms with van der Waals surface area (Å²) in [5, 5.41) is 8.42. The Balaban J connectivity index is 1.53. The number of hydrogen-bond donors (Lipinski definition) is 1. The number of para-hydroxylation sites is 1. The lowest BCUT2D eigenvalue weighted by atomic mass is 10.1. The first-order valence-electron chi connectivity index (χ1n) is 9.43. The van der Waals surface area contributed by atoms with Crippen LogP contribution in [0.5, 0.6) is 0 Å². The van der Waals surface area contributed by atoms with E-state index in [0.29, 0.717) is 6.54 Å². The largest absolute Gasteiger partial charge is 0.350 e. The quantitative estimate of drug-likeness (QED) is 0.706. The summed E-state index contributed by atoms with van der Waals surface area (Å²) in [6, 6.07) is 17.8. The fourth-order valence-corrected chi connectivity index (χ4v) is 4.37. The van der Waals surface area contributed by atoms with Crippen molar-refractivity contribution in [3.63, 3.8) is 0 Å². The van der Waals surface area contributed by atoms with Crippen molar-refractivity contribution in [2.45, 2.75) is 25.4 Å². The predicted octanol–water partition coefficient (Wildman–Crippen LogP) is 3.24. The number of rotatable bonds is 5. The van der Waals surface area contributed by atoms with Gasteiger partial charge in [-0.2, -0.15) is 5.10 Å². The molecule has 2 amide bonds. The number of aryl methyl sites for hydroxylation is 2. The molecular weight excluding hydrogens is 384 g/mol. The molecule has 0 atom stereocenters. The molecule has 0 fully saturated rings. The van der Waals surface area contributed by atoms with Gasteiger partial charge in [0.2, 0.25) is 11.8 Å². The Morgan fingerprint density at radius 1 is 1.10 bits per heavy atom. The van der Waals surface area contributed by atoms with Crippen molar-refractivity contribution in [3.8, 4) is 5.69 Å². The van der Waals surface area contributed by atoms with Gasteiger partial charge >= 0.3 is 0 Å². The second-order valence-corrected chi connectivity index (χ2v) is 7.98. The van der Waals surface area contributed by atoms with E-state index in [4.69, 9.17) is 0 Å². The molecule has 1 aliphatic rings. The van der Waals surface area contributed by atoms with Gasteiger partial charge in [-0.3, -0.25) is 14.5 Å². The van der Waals surface area contributed by atoms with E-state index in [9.17, 15) is 9.59 Å². The highest BCUT2D eigenvalue weighted by molar-refractivity contribution is 8.00. The third kappa shape index (κ3) is 4.05. The lowest BCUT2D eigenvalue weighted by molar-refractivity contribution is -0.123. The smallest absolute Gasteiger partial charge is 0.240 e. The molecular formula is C22H22N4O2S. The fourth-order valence-electron chi connectivity index (χ4n) is 3.29. The summed E-state index contributed by atoms with van der Waals surface area (Å²) in [6.07, 6.45) is 0. The highest BCUT2D eigenvalue weighted by atomic mass is 32.2. The number of benzene rings is 2. The summed E-state index contributed by atoms with van der Waals surface area (Å²) in [5.74, 6) is 0.0169. The van der Waals surface area contributed by atoms with E-state index in [1.54, 1.807) is 4.90 Å². The van der Waals surface area contributed by atoms with Crippen molar-refractivity contribution >= 4 is 29.3 Å². The van der Waals surface area contributed by atoms with Crippen LogP contribution in [0.1, 0.15) is 16.8 Å². The molecule has 0 aliphatic carbocycles. The zero-order chi connectivity index (χ0) is 20.4. The van der Waals surface area contributed by atoms with Gasteiger partial charge in [-0.1, -0.05) is 59.8 Å². The Labute approximate surface area is 173 Å². The molecule has 2 aromatic carbocycles. The van der Waals surface area contributed by atoms with Crippen LogP contribution in [-0.2, 0) is 16.1 Å². The van der Waals surface area contributed by atoms with Gasteiger partial charge < -0.3 is 5.32 Å². The molecule has 1 aliphatic heterocycles. The van der Waals surface area contributed by atoms with Crippen LogP contribution >= 0.6 is 11.8 Å². The standard InChI is InChI=1S/C22H22N4O2S/c1-15-8-10-17(11-9-15)12-23-19(27)13-25-20(28)14-29-22-21(25)16(2)24-26(22)18-6-4-3-5-7-18/h3-11H,12-14H2,1-2H3,(H,23,27). The van der Waals surface area contributed by atoms with Crippen molar-refractivity contribution in [2.75, 3.05) is 17.2 Å².